The SMILES string of the molecule is O=C([O-])C(O)C(O)C(=O)[O-].O=C([O-])C(O)C(O)C(=O)[O-].O=C([O-])C=Cc1c[nH]cn1.O=C([O-])C=Cc1c[nH]cn1.[Zn+2].[Zn+2].[Zn+2]. The van der Waals surface area contributed by atoms with Gasteiger partial charge in [-0.1, -0.05) is 0 Å². The standard InChI is InChI=1S/2C6H6N2O2.2C4H6O6.3Zn/c2*9-6(10)2-1-5-3-7-4-8-5;2*5-1(3(7)8)2(6)4(9)10;;;/h2*1-4H,(H,7,8)(H,9,10);2*1-2,5-6H,(H,7,8)(H,9,10);;;/q;;;;3*+2/p-6. The van der Waals surface area contributed by atoms with Gasteiger partial charge < -0.3 is 89.8 Å². The summed E-state index contributed by atoms with van der Waals surface area (Å²) < 4.78 is 0. The summed E-state index contributed by atoms with van der Waals surface area (Å²) in [5.74, 6) is -10.7. The predicted molar refractivity (Wildman–Crippen MR) is 109 cm³/mol. The third-order valence-corrected chi connectivity index (χ3v) is 3.38. The monoisotopic (exact) mass is 762 g/mol. The van der Waals surface area contributed by atoms with E-state index in [0.29, 0.717) is 11.4 Å². The van der Waals surface area contributed by atoms with E-state index in [1.807, 2.05) is 0 Å². The zero-order chi connectivity index (χ0) is 31.4. The van der Waals surface area contributed by atoms with Gasteiger partial charge in [0, 0.05) is 12.4 Å². The minimum atomic E-state index is -2.44. The predicted octanol–water partition coefficient (Wildman–Crippen LogP) is -11.2. The van der Waals surface area contributed by atoms with E-state index in [0.717, 1.165) is 12.2 Å². The molecule has 0 aliphatic heterocycles. The summed E-state index contributed by atoms with van der Waals surface area (Å²) in [6.45, 7) is 0. The van der Waals surface area contributed by atoms with Gasteiger partial charge in [-0.15, -0.1) is 0 Å². The number of carbonyl (C=O) groups excluding carboxylic acids is 6. The molecule has 0 radical (unpaired) electrons. The van der Waals surface area contributed by atoms with E-state index in [1.165, 1.54) is 24.8 Å². The molecule has 0 aliphatic rings. The third-order valence-electron chi connectivity index (χ3n) is 3.38. The number of aliphatic hydroxyl groups is 4. The molecular weight excluding hydrogens is 748 g/mol. The Morgan fingerprint density at radius 1 is 0.558 bits per heavy atom. The second kappa shape index (κ2) is 27.3. The molecule has 2 aromatic rings. The number of nitrogens with zero attached hydrogens (tertiary/aromatic N) is 2. The number of aliphatic carboxylic acids is 6. The van der Waals surface area contributed by atoms with E-state index in [1.54, 1.807) is 12.4 Å². The molecular formula is C20H18N4O16Zn3. The molecule has 0 saturated carbocycles. The number of H-pyrrole nitrogens is 2. The molecule has 0 aliphatic carbocycles. The van der Waals surface area contributed by atoms with Crippen molar-refractivity contribution in [3.05, 3.63) is 48.6 Å². The first-order valence-corrected chi connectivity index (χ1v) is 9.82. The summed E-state index contributed by atoms with van der Waals surface area (Å²) >= 11 is 0. The fraction of sp³-hybridized carbons (Fsp3) is 0.200. The quantitative estimate of drug-likeness (QED) is 0.0965. The number of carbonyl (C=O) groups is 6. The Labute approximate surface area is 278 Å². The number of hydrogen-bond donors (Lipinski definition) is 6. The molecule has 2 heterocycles. The van der Waals surface area contributed by atoms with Gasteiger partial charge in [0.2, 0.25) is 0 Å². The van der Waals surface area contributed by atoms with E-state index in [9.17, 15) is 59.4 Å². The number of aliphatic hydroxyl groups excluding tert-OH is 4. The molecule has 0 bridgehead atoms. The first kappa shape index (κ1) is 49.1. The number of nitrogens with one attached hydrogen (secondary N) is 2. The molecule has 4 atom stereocenters. The van der Waals surface area contributed by atoms with Crippen LogP contribution in [-0.2, 0) is 87.2 Å². The average molecular weight is 767 g/mol. The van der Waals surface area contributed by atoms with Crippen LogP contribution in [0, 0.1) is 0 Å². The summed E-state index contributed by atoms with van der Waals surface area (Å²) in [7, 11) is 0. The molecule has 2 rings (SSSR count). The van der Waals surface area contributed by atoms with Gasteiger partial charge >= 0.3 is 58.4 Å². The van der Waals surface area contributed by atoms with Crippen molar-refractivity contribution in [2.75, 3.05) is 0 Å². The maximum atomic E-state index is 9.86. The van der Waals surface area contributed by atoms with Crippen LogP contribution in [0.2, 0.25) is 0 Å². The number of imidazole rings is 2. The summed E-state index contributed by atoms with van der Waals surface area (Å²) in [6, 6.07) is 0. The smallest absolute Gasteiger partial charge is 0.547 e. The average Bonchev–Trinajstić information content (AvgIpc) is 3.59. The molecule has 0 spiro atoms. The third kappa shape index (κ3) is 25.8. The van der Waals surface area contributed by atoms with Gasteiger partial charge in [0.25, 0.3) is 0 Å². The van der Waals surface area contributed by atoms with Crippen molar-refractivity contribution >= 4 is 48.0 Å². The molecule has 6 N–H and O–H groups in total. The molecule has 0 fully saturated rings. The van der Waals surface area contributed by atoms with E-state index in [-0.39, 0.29) is 58.4 Å². The topological polar surface area (TPSA) is 379 Å². The normalized spacial score (nSPS) is 12.2. The van der Waals surface area contributed by atoms with Crippen molar-refractivity contribution in [2.45, 2.75) is 24.4 Å². The van der Waals surface area contributed by atoms with Gasteiger partial charge in [-0.25, -0.2) is 9.97 Å². The van der Waals surface area contributed by atoms with Crippen LogP contribution >= 0.6 is 0 Å². The van der Waals surface area contributed by atoms with Gasteiger partial charge in [0.15, 0.2) is 0 Å². The van der Waals surface area contributed by atoms with Crippen LogP contribution in [0.1, 0.15) is 11.4 Å². The van der Waals surface area contributed by atoms with E-state index in [4.69, 9.17) is 20.4 Å². The minimum Gasteiger partial charge on any atom is -0.547 e. The summed E-state index contributed by atoms with van der Waals surface area (Å²) in [4.78, 5) is 71.1. The van der Waals surface area contributed by atoms with Gasteiger partial charge in [0.05, 0.1) is 59.9 Å². The first-order chi connectivity index (χ1) is 18.5. The zero-order valence-electron chi connectivity index (χ0n) is 21.6. The number of carboxylic acid groups (broad SMARTS) is 6. The number of aromatic nitrogens is 4. The Morgan fingerprint density at radius 2 is 0.791 bits per heavy atom. The van der Waals surface area contributed by atoms with Crippen LogP contribution in [0.25, 0.3) is 12.2 Å². The molecule has 0 saturated heterocycles. The first-order valence-electron chi connectivity index (χ1n) is 9.82. The van der Waals surface area contributed by atoms with Crippen LogP contribution in [0.5, 0.6) is 0 Å². The number of carboxylic acids is 6. The van der Waals surface area contributed by atoms with Crippen molar-refractivity contribution in [1.29, 1.82) is 0 Å². The van der Waals surface area contributed by atoms with E-state index < -0.39 is 60.2 Å². The Balaban J connectivity index is -0.000000146. The van der Waals surface area contributed by atoms with Crippen molar-refractivity contribution in [3.8, 4) is 0 Å². The molecule has 0 amide bonds. The van der Waals surface area contributed by atoms with Crippen LogP contribution in [0.3, 0.4) is 0 Å². The van der Waals surface area contributed by atoms with Crippen molar-refractivity contribution in [1.82, 2.24) is 19.9 Å². The molecule has 20 nitrogen and oxygen atoms in total. The minimum absolute atomic E-state index is 0. The molecule has 4 unspecified atom stereocenters. The maximum Gasteiger partial charge on any atom is 2.00 e. The van der Waals surface area contributed by atoms with Gasteiger partial charge in [0.1, 0.15) is 24.4 Å². The largest absolute Gasteiger partial charge is 2.00 e. The van der Waals surface area contributed by atoms with Crippen LogP contribution < -0.4 is 30.6 Å². The van der Waals surface area contributed by atoms with E-state index >= 15 is 0 Å². The van der Waals surface area contributed by atoms with Crippen LogP contribution in [0.15, 0.2) is 37.2 Å². The van der Waals surface area contributed by atoms with Gasteiger partial charge in [-0.3, -0.25) is 0 Å². The Bertz CT molecular complexity index is 1030. The molecule has 2 aromatic heterocycles. The molecule has 220 valence electrons. The van der Waals surface area contributed by atoms with Crippen LogP contribution in [-0.4, -0.2) is 101 Å². The molecule has 23 heteroatoms. The van der Waals surface area contributed by atoms with Crippen molar-refractivity contribution in [2.24, 2.45) is 0 Å². The Hall–Kier alpha value is -3.57. The van der Waals surface area contributed by atoms with E-state index in [2.05, 4.69) is 19.9 Å². The summed E-state index contributed by atoms with van der Waals surface area (Å²) in [6.07, 6.45) is 0.900. The van der Waals surface area contributed by atoms with Gasteiger partial charge in [-0.05, 0) is 24.3 Å². The Kier molecular flexibility index (Phi) is 31.2. The molecule has 0 aromatic carbocycles. The summed E-state index contributed by atoms with van der Waals surface area (Å²) in [5, 5.41) is 91.2. The molecule has 43 heavy (non-hydrogen) atoms. The Morgan fingerprint density at radius 3 is 0.930 bits per heavy atom. The fourth-order valence-corrected chi connectivity index (χ4v) is 1.55. The maximum absolute atomic E-state index is 9.86. The number of hydrogen-bond acceptors (Lipinski definition) is 18. The number of aromatic amines is 2. The fourth-order valence-electron chi connectivity index (χ4n) is 1.55. The van der Waals surface area contributed by atoms with Crippen molar-refractivity contribution in [3.63, 3.8) is 0 Å². The zero-order valence-corrected chi connectivity index (χ0v) is 30.5. The van der Waals surface area contributed by atoms with Crippen LogP contribution in [0.4, 0.5) is 0 Å². The summed E-state index contributed by atoms with van der Waals surface area (Å²) in [5.41, 5.74) is 1.15. The van der Waals surface area contributed by atoms with Gasteiger partial charge in [-0.2, -0.15) is 0 Å². The second-order valence-corrected chi connectivity index (χ2v) is 6.35. The van der Waals surface area contributed by atoms with Crippen molar-refractivity contribution < 1.29 is 138 Å². The second-order valence-electron chi connectivity index (χ2n) is 6.35. The number of rotatable bonds is 10.